The first-order chi connectivity index (χ1) is 19.5. The van der Waals surface area contributed by atoms with Crippen LogP contribution in [0.4, 0.5) is 0 Å². The fourth-order valence-electron chi connectivity index (χ4n) is 5.10. The van der Waals surface area contributed by atoms with Gasteiger partial charge in [0.25, 0.3) is 10.1 Å². The molecule has 0 radical (unpaired) electrons. The Morgan fingerprint density at radius 2 is 1.07 bits per heavy atom. The predicted molar refractivity (Wildman–Crippen MR) is 167 cm³/mol. The van der Waals surface area contributed by atoms with E-state index in [0.29, 0.717) is 30.4 Å². The SMILES string of the molecule is CCCCCCCCCCCC(=O)OCC(C[N+](C)(C)CCCS(=O)(=O)O)OC(=O)CCCCCCCCCCC. The van der Waals surface area contributed by atoms with Crippen LogP contribution in [0.3, 0.4) is 0 Å². The van der Waals surface area contributed by atoms with Crippen molar-refractivity contribution in [2.75, 3.05) is 39.5 Å². The molecule has 0 spiro atoms. The Hall–Kier alpha value is -1.19. The monoisotopic (exact) mass is 606 g/mol. The summed E-state index contributed by atoms with van der Waals surface area (Å²) in [6.07, 6.45) is 21.5. The molecule has 0 bridgehead atoms. The van der Waals surface area contributed by atoms with Gasteiger partial charge in [0.15, 0.2) is 6.10 Å². The van der Waals surface area contributed by atoms with Crippen molar-refractivity contribution in [3.8, 4) is 0 Å². The number of ether oxygens (including phenoxy) is 2. The summed E-state index contributed by atoms with van der Waals surface area (Å²) in [4.78, 5) is 25.0. The molecule has 0 aromatic carbocycles. The van der Waals surface area contributed by atoms with Crippen molar-refractivity contribution >= 4 is 22.1 Å². The number of rotatable bonds is 29. The van der Waals surface area contributed by atoms with Gasteiger partial charge in [-0.1, -0.05) is 117 Å². The molecule has 8 nitrogen and oxygen atoms in total. The van der Waals surface area contributed by atoms with Crippen molar-refractivity contribution in [3.05, 3.63) is 0 Å². The molecule has 9 heteroatoms. The van der Waals surface area contributed by atoms with Crippen molar-refractivity contribution in [3.63, 3.8) is 0 Å². The number of esters is 2. The molecule has 0 aromatic rings. The predicted octanol–water partition coefficient (Wildman–Crippen LogP) is 7.64. The van der Waals surface area contributed by atoms with E-state index in [0.717, 1.165) is 38.5 Å². The van der Waals surface area contributed by atoms with Gasteiger partial charge in [-0.25, -0.2) is 0 Å². The van der Waals surface area contributed by atoms with Crippen LogP contribution >= 0.6 is 0 Å². The highest BCUT2D eigenvalue weighted by Gasteiger charge is 2.27. The highest BCUT2D eigenvalue weighted by Crippen LogP contribution is 2.14. The van der Waals surface area contributed by atoms with Crippen molar-refractivity contribution in [1.29, 1.82) is 0 Å². The van der Waals surface area contributed by atoms with Gasteiger partial charge in [-0.05, 0) is 12.8 Å². The minimum Gasteiger partial charge on any atom is -0.461 e. The van der Waals surface area contributed by atoms with Gasteiger partial charge < -0.3 is 14.0 Å². The van der Waals surface area contributed by atoms with E-state index in [1.807, 2.05) is 14.1 Å². The summed E-state index contributed by atoms with van der Waals surface area (Å²) in [6, 6.07) is 0. The number of unbranched alkanes of at least 4 members (excludes halogenated alkanes) is 16. The van der Waals surface area contributed by atoms with E-state index in [-0.39, 0.29) is 30.7 Å². The third-order valence-electron chi connectivity index (χ3n) is 7.56. The molecule has 0 saturated carbocycles. The number of nitrogens with zero attached hydrogens (tertiary/aromatic N) is 1. The molecule has 244 valence electrons. The number of likely N-dealkylation sites (N-methyl/N-ethyl adjacent to an activating group) is 1. The first-order valence-corrected chi connectivity index (χ1v) is 18.2. The zero-order valence-corrected chi connectivity index (χ0v) is 27.8. The molecule has 1 N–H and O–H groups in total. The second-order valence-electron chi connectivity index (χ2n) is 12.4. The highest BCUT2D eigenvalue weighted by atomic mass is 32.2. The van der Waals surface area contributed by atoms with Crippen LogP contribution in [0, 0.1) is 0 Å². The third kappa shape index (κ3) is 28.7. The van der Waals surface area contributed by atoms with Crippen LogP contribution in [-0.2, 0) is 29.2 Å². The van der Waals surface area contributed by atoms with Crippen LogP contribution in [-0.4, -0.2) is 75.0 Å². The molecular formula is C32H64NO7S+. The second-order valence-corrected chi connectivity index (χ2v) is 14.0. The van der Waals surface area contributed by atoms with Crippen LogP contribution in [0.1, 0.15) is 149 Å². The molecule has 0 rings (SSSR count). The van der Waals surface area contributed by atoms with Gasteiger partial charge in [-0.3, -0.25) is 14.1 Å². The molecule has 0 amide bonds. The van der Waals surface area contributed by atoms with E-state index < -0.39 is 16.2 Å². The molecule has 0 saturated heterocycles. The molecule has 0 heterocycles. The first kappa shape index (κ1) is 39.8. The van der Waals surface area contributed by atoms with E-state index in [1.165, 1.54) is 77.0 Å². The van der Waals surface area contributed by atoms with Gasteiger partial charge in [0.05, 0.1) is 26.4 Å². The van der Waals surface area contributed by atoms with Gasteiger partial charge in [0.2, 0.25) is 0 Å². The number of hydrogen-bond donors (Lipinski definition) is 1. The zero-order chi connectivity index (χ0) is 30.8. The Labute approximate surface area is 252 Å². The lowest BCUT2D eigenvalue weighted by atomic mass is 10.1. The van der Waals surface area contributed by atoms with Crippen molar-refractivity contribution < 1.29 is 36.5 Å². The van der Waals surface area contributed by atoms with Gasteiger partial charge >= 0.3 is 11.9 Å². The maximum absolute atomic E-state index is 12.6. The number of hydrogen-bond acceptors (Lipinski definition) is 6. The quantitative estimate of drug-likeness (QED) is 0.0403. The van der Waals surface area contributed by atoms with Crippen LogP contribution in [0.5, 0.6) is 0 Å². The molecule has 41 heavy (non-hydrogen) atoms. The first-order valence-electron chi connectivity index (χ1n) is 16.6. The average Bonchev–Trinajstić information content (AvgIpc) is 2.88. The summed E-state index contributed by atoms with van der Waals surface area (Å²) in [7, 11) is -0.200. The summed E-state index contributed by atoms with van der Waals surface area (Å²) < 4.78 is 42.9. The fraction of sp³-hybridized carbons (Fsp3) is 0.938. The largest absolute Gasteiger partial charge is 0.461 e. The van der Waals surface area contributed by atoms with Gasteiger partial charge in [-0.15, -0.1) is 0 Å². The van der Waals surface area contributed by atoms with Crippen molar-refractivity contribution in [2.24, 2.45) is 0 Å². The summed E-state index contributed by atoms with van der Waals surface area (Å²) in [5, 5.41) is 0. The number of carbonyl (C=O) groups excluding carboxylic acids is 2. The van der Waals surface area contributed by atoms with Crippen LogP contribution in [0.25, 0.3) is 0 Å². The standard InChI is InChI=1S/C32H63NO7S/c1-5-7-9-11-13-15-17-19-21-24-31(34)39-29-30(28-33(3,4)26-23-27-41(36,37)38)40-32(35)25-22-20-18-16-14-12-10-8-6-2/h30H,5-29H2,1-4H3/p+1. The van der Waals surface area contributed by atoms with E-state index >= 15 is 0 Å². The Balaban J connectivity index is 4.53. The average molecular weight is 607 g/mol. The molecule has 0 aromatic heterocycles. The molecule has 1 atom stereocenters. The molecule has 0 aliphatic heterocycles. The summed E-state index contributed by atoms with van der Waals surface area (Å²) >= 11 is 0. The summed E-state index contributed by atoms with van der Waals surface area (Å²) in [5.74, 6) is -0.874. The van der Waals surface area contributed by atoms with E-state index in [2.05, 4.69) is 13.8 Å². The molecule has 0 aliphatic carbocycles. The van der Waals surface area contributed by atoms with Crippen LogP contribution < -0.4 is 0 Å². The molecular weight excluding hydrogens is 542 g/mol. The molecule has 1 unspecified atom stereocenters. The lowest BCUT2D eigenvalue weighted by molar-refractivity contribution is -0.893. The highest BCUT2D eigenvalue weighted by molar-refractivity contribution is 7.85. The minimum atomic E-state index is -4.02. The Morgan fingerprint density at radius 1 is 0.659 bits per heavy atom. The maximum atomic E-state index is 12.6. The summed E-state index contributed by atoms with van der Waals surface area (Å²) in [5.41, 5.74) is 0. The molecule has 0 aliphatic rings. The van der Waals surface area contributed by atoms with Gasteiger partial charge in [0, 0.05) is 19.3 Å². The smallest absolute Gasteiger partial charge is 0.306 e. The second kappa shape index (κ2) is 25.3. The van der Waals surface area contributed by atoms with Crippen LogP contribution in [0.15, 0.2) is 0 Å². The van der Waals surface area contributed by atoms with Crippen molar-refractivity contribution in [2.45, 2.75) is 155 Å². The Bertz CT molecular complexity index is 755. The van der Waals surface area contributed by atoms with E-state index in [9.17, 15) is 18.0 Å². The maximum Gasteiger partial charge on any atom is 0.306 e. The normalized spacial score (nSPS) is 12.8. The number of quaternary nitrogens is 1. The van der Waals surface area contributed by atoms with Gasteiger partial charge in [0.1, 0.15) is 13.2 Å². The van der Waals surface area contributed by atoms with Crippen LogP contribution in [0.2, 0.25) is 0 Å². The topological polar surface area (TPSA) is 107 Å². The lowest BCUT2D eigenvalue weighted by Crippen LogP contribution is -2.49. The molecule has 0 fully saturated rings. The zero-order valence-electron chi connectivity index (χ0n) is 27.0. The fourth-order valence-corrected chi connectivity index (χ4v) is 5.60. The minimum absolute atomic E-state index is 0.000257. The van der Waals surface area contributed by atoms with Gasteiger partial charge in [-0.2, -0.15) is 8.42 Å². The lowest BCUT2D eigenvalue weighted by Gasteiger charge is -2.33. The van der Waals surface area contributed by atoms with E-state index in [4.69, 9.17) is 14.0 Å². The van der Waals surface area contributed by atoms with Crippen molar-refractivity contribution in [1.82, 2.24) is 0 Å². The van der Waals surface area contributed by atoms with E-state index in [1.54, 1.807) is 0 Å². The summed E-state index contributed by atoms with van der Waals surface area (Å²) in [6.45, 7) is 5.30. The third-order valence-corrected chi connectivity index (χ3v) is 8.37. The number of carbonyl (C=O) groups is 2. The Morgan fingerprint density at radius 3 is 1.51 bits per heavy atom. The Kier molecular flexibility index (Phi) is 24.6.